The zero-order valence-electron chi connectivity index (χ0n) is 13.0. The Morgan fingerprint density at radius 1 is 0.591 bits per heavy atom. The van der Waals surface area contributed by atoms with E-state index in [1.807, 2.05) is 18.2 Å². The number of aryl methyl sites for hydroxylation is 2. The number of hydrogen-bond donors (Lipinski definition) is 1. The van der Waals surface area contributed by atoms with Crippen LogP contribution >= 0.6 is 0 Å². The van der Waals surface area contributed by atoms with E-state index in [0.717, 1.165) is 17.1 Å². The van der Waals surface area contributed by atoms with Crippen LogP contribution in [0, 0.1) is 13.8 Å². The molecule has 0 bridgehead atoms. The highest BCUT2D eigenvalue weighted by molar-refractivity contribution is 5.68. The Labute approximate surface area is 132 Å². The molecule has 2 nitrogen and oxygen atoms in total. The molecule has 0 aliphatic heterocycles. The Kier molecular flexibility index (Phi) is 4.10. The lowest BCUT2D eigenvalue weighted by molar-refractivity contribution is 1.16. The van der Waals surface area contributed by atoms with Crippen molar-refractivity contribution in [2.24, 2.45) is 0 Å². The maximum absolute atomic E-state index is 3.49. The van der Waals surface area contributed by atoms with Gasteiger partial charge in [0, 0.05) is 0 Å². The minimum absolute atomic E-state index is 1.06. The first-order valence-electron chi connectivity index (χ1n) is 7.47. The first-order valence-corrected chi connectivity index (χ1v) is 7.47. The number of rotatable bonds is 4. The number of hydrazine groups is 1. The average Bonchev–Trinajstić information content (AvgIpc) is 2.56. The molecule has 22 heavy (non-hydrogen) atoms. The number of nitrogens with one attached hydrogen (secondary N) is 1. The predicted molar refractivity (Wildman–Crippen MR) is 94.6 cm³/mol. The van der Waals surface area contributed by atoms with Gasteiger partial charge in [-0.25, -0.2) is 0 Å². The fourth-order valence-corrected chi connectivity index (χ4v) is 2.31. The summed E-state index contributed by atoms with van der Waals surface area (Å²) >= 11 is 0. The summed E-state index contributed by atoms with van der Waals surface area (Å²) in [6.07, 6.45) is 0. The monoisotopic (exact) mass is 288 g/mol. The van der Waals surface area contributed by atoms with Crippen LogP contribution in [-0.4, -0.2) is 0 Å². The fraction of sp³-hybridized carbons (Fsp3) is 0.100. The first kappa shape index (κ1) is 14.2. The van der Waals surface area contributed by atoms with Crippen LogP contribution in [0.3, 0.4) is 0 Å². The minimum atomic E-state index is 1.06. The second kappa shape index (κ2) is 6.35. The van der Waals surface area contributed by atoms with E-state index in [9.17, 15) is 0 Å². The summed E-state index contributed by atoms with van der Waals surface area (Å²) in [7, 11) is 0. The van der Waals surface area contributed by atoms with Gasteiger partial charge in [0.1, 0.15) is 0 Å². The van der Waals surface area contributed by atoms with Crippen molar-refractivity contribution in [3.05, 3.63) is 90.0 Å². The molecular weight excluding hydrogens is 268 g/mol. The Morgan fingerprint density at radius 2 is 1.09 bits per heavy atom. The van der Waals surface area contributed by atoms with Crippen molar-refractivity contribution in [2.75, 3.05) is 10.4 Å². The second-order valence-electron chi connectivity index (χ2n) is 5.48. The molecule has 0 unspecified atom stereocenters. The number of hydrogen-bond acceptors (Lipinski definition) is 2. The number of benzene rings is 3. The van der Waals surface area contributed by atoms with Crippen molar-refractivity contribution in [3.8, 4) is 0 Å². The molecule has 0 heterocycles. The topological polar surface area (TPSA) is 15.3 Å². The van der Waals surface area contributed by atoms with E-state index in [-0.39, 0.29) is 0 Å². The van der Waals surface area contributed by atoms with Gasteiger partial charge in [-0.3, -0.25) is 10.4 Å². The molecule has 0 atom stereocenters. The third kappa shape index (κ3) is 3.29. The minimum Gasteiger partial charge on any atom is -0.294 e. The van der Waals surface area contributed by atoms with Crippen LogP contribution in [0.4, 0.5) is 17.1 Å². The molecule has 0 radical (unpaired) electrons. The Hall–Kier alpha value is -2.74. The molecule has 0 amide bonds. The van der Waals surface area contributed by atoms with Gasteiger partial charge in [-0.05, 0) is 50.2 Å². The Bertz CT molecular complexity index is 716. The highest BCUT2D eigenvalue weighted by Crippen LogP contribution is 2.26. The molecule has 0 saturated heterocycles. The normalized spacial score (nSPS) is 10.3. The first-order chi connectivity index (χ1) is 10.7. The lowest BCUT2D eigenvalue weighted by Gasteiger charge is -2.27. The van der Waals surface area contributed by atoms with Gasteiger partial charge in [-0.2, -0.15) is 0 Å². The molecule has 3 aromatic carbocycles. The van der Waals surface area contributed by atoms with E-state index in [2.05, 4.69) is 84.9 Å². The quantitative estimate of drug-likeness (QED) is 0.640. The summed E-state index contributed by atoms with van der Waals surface area (Å²) in [6, 6.07) is 27.3. The standard InChI is InChI=1S/C20H20N2/c1-16-8-12-18(13-9-16)21-22(19-6-4-3-5-7-19)20-14-10-17(2)11-15-20/h3-15,21H,1-2H3. The van der Waals surface area contributed by atoms with E-state index in [0.29, 0.717) is 0 Å². The zero-order chi connectivity index (χ0) is 15.4. The van der Waals surface area contributed by atoms with E-state index in [4.69, 9.17) is 0 Å². The van der Waals surface area contributed by atoms with Gasteiger partial charge in [0.25, 0.3) is 0 Å². The summed E-state index contributed by atoms with van der Waals surface area (Å²) in [6.45, 7) is 4.20. The van der Waals surface area contributed by atoms with Crippen LogP contribution in [0.2, 0.25) is 0 Å². The van der Waals surface area contributed by atoms with E-state index in [1.54, 1.807) is 0 Å². The molecule has 0 fully saturated rings. The molecule has 0 aliphatic rings. The van der Waals surface area contributed by atoms with Gasteiger partial charge >= 0.3 is 0 Å². The van der Waals surface area contributed by atoms with Crippen molar-refractivity contribution in [1.29, 1.82) is 0 Å². The molecule has 1 N–H and O–H groups in total. The third-order valence-electron chi connectivity index (χ3n) is 3.60. The fourth-order valence-electron chi connectivity index (χ4n) is 2.31. The lowest BCUT2D eigenvalue weighted by atomic mass is 10.2. The van der Waals surface area contributed by atoms with Crippen molar-refractivity contribution in [3.63, 3.8) is 0 Å². The molecule has 0 saturated carbocycles. The van der Waals surface area contributed by atoms with Crippen LogP contribution < -0.4 is 10.4 Å². The van der Waals surface area contributed by atoms with Crippen molar-refractivity contribution in [1.82, 2.24) is 0 Å². The van der Waals surface area contributed by atoms with Gasteiger partial charge in [0.05, 0.1) is 17.1 Å². The summed E-state index contributed by atoms with van der Waals surface area (Å²) < 4.78 is 0. The Morgan fingerprint density at radius 3 is 1.68 bits per heavy atom. The average molecular weight is 288 g/mol. The highest BCUT2D eigenvalue weighted by Gasteiger charge is 2.09. The van der Waals surface area contributed by atoms with Gasteiger partial charge in [-0.1, -0.05) is 53.6 Å². The van der Waals surface area contributed by atoms with Gasteiger partial charge < -0.3 is 0 Å². The van der Waals surface area contributed by atoms with Crippen LogP contribution in [-0.2, 0) is 0 Å². The van der Waals surface area contributed by atoms with E-state index >= 15 is 0 Å². The van der Waals surface area contributed by atoms with Crippen molar-refractivity contribution < 1.29 is 0 Å². The number of para-hydroxylation sites is 1. The van der Waals surface area contributed by atoms with Crippen molar-refractivity contribution >= 4 is 17.1 Å². The zero-order valence-corrected chi connectivity index (χ0v) is 13.0. The van der Waals surface area contributed by atoms with E-state index in [1.165, 1.54) is 11.1 Å². The van der Waals surface area contributed by atoms with Gasteiger partial charge in [0.15, 0.2) is 0 Å². The number of nitrogens with zero attached hydrogens (tertiary/aromatic N) is 1. The van der Waals surface area contributed by atoms with Crippen molar-refractivity contribution in [2.45, 2.75) is 13.8 Å². The molecule has 0 aliphatic carbocycles. The molecular formula is C20H20N2. The summed E-state index contributed by atoms with van der Waals surface area (Å²) in [5, 5.41) is 2.10. The van der Waals surface area contributed by atoms with Crippen LogP contribution in [0.15, 0.2) is 78.9 Å². The number of anilines is 3. The molecule has 2 heteroatoms. The van der Waals surface area contributed by atoms with E-state index < -0.39 is 0 Å². The SMILES string of the molecule is Cc1ccc(NN(c2ccccc2)c2ccc(C)cc2)cc1. The molecule has 110 valence electrons. The predicted octanol–water partition coefficient (Wildman–Crippen LogP) is 5.47. The van der Waals surface area contributed by atoms with Gasteiger partial charge in [-0.15, -0.1) is 0 Å². The van der Waals surface area contributed by atoms with Gasteiger partial charge in [0.2, 0.25) is 0 Å². The maximum atomic E-state index is 3.49. The largest absolute Gasteiger partial charge is 0.294 e. The highest BCUT2D eigenvalue weighted by atomic mass is 15.5. The van der Waals surface area contributed by atoms with Crippen LogP contribution in [0.25, 0.3) is 0 Å². The van der Waals surface area contributed by atoms with Crippen LogP contribution in [0.5, 0.6) is 0 Å². The third-order valence-corrected chi connectivity index (χ3v) is 3.60. The van der Waals surface area contributed by atoms with Crippen LogP contribution in [0.1, 0.15) is 11.1 Å². The Balaban J connectivity index is 1.96. The molecule has 3 rings (SSSR count). The maximum Gasteiger partial charge on any atom is 0.0630 e. The second-order valence-corrected chi connectivity index (χ2v) is 5.48. The lowest BCUT2D eigenvalue weighted by Crippen LogP contribution is -2.24. The summed E-state index contributed by atoms with van der Waals surface area (Å²) in [5.41, 5.74) is 9.28. The molecule has 3 aromatic rings. The smallest absolute Gasteiger partial charge is 0.0630 e. The summed E-state index contributed by atoms with van der Waals surface area (Å²) in [5.74, 6) is 0. The molecule has 0 aromatic heterocycles. The summed E-state index contributed by atoms with van der Waals surface area (Å²) in [4.78, 5) is 0. The molecule has 0 spiro atoms.